The standard InChI is InChI=1S/C15H16N2O/c1-10(16)14-8-11-4-2-6-13(15(11)18-14)12-5-3-7-17-9-12/h2-7,9-10,14H,8,16H2,1H3. The minimum Gasteiger partial charge on any atom is -0.488 e. The molecular weight excluding hydrogens is 224 g/mol. The number of fused-ring (bicyclic) bond motifs is 1. The second-order valence-corrected chi connectivity index (χ2v) is 4.76. The fourth-order valence-corrected chi connectivity index (χ4v) is 2.34. The molecule has 2 heterocycles. The lowest BCUT2D eigenvalue weighted by atomic mass is 10.0. The zero-order valence-electron chi connectivity index (χ0n) is 10.3. The molecule has 3 rings (SSSR count). The van der Waals surface area contributed by atoms with Crippen LogP contribution in [0.5, 0.6) is 5.75 Å². The Morgan fingerprint density at radius 3 is 2.94 bits per heavy atom. The van der Waals surface area contributed by atoms with E-state index in [-0.39, 0.29) is 12.1 Å². The van der Waals surface area contributed by atoms with Crippen LogP contribution in [0.4, 0.5) is 0 Å². The van der Waals surface area contributed by atoms with E-state index in [2.05, 4.69) is 23.2 Å². The Balaban J connectivity index is 2.03. The number of aromatic nitrogens is 1. The third-order valence-electron chi connectivity index (χ3n) is 3.35. The fourth-order valence-electron chi connectivity index (χ4n) is 2.34. The summed E-state index contributed by atoms with van der Waals surface area (Å²) in [4.78, 5) is 4.16. The Labute approximate surface area is 107 Å². The van der Waals surface area contributed by atoms with Gasteiger partial charge in [-0.25, -0.2) is 0 Å². The van der Waals surface area contributed by atoms with Gasteiger partial charge in [-0.05, 0) is 18.6 Å². The molecule has 2 N–H and O–H groups in total. The second kappa shape index (κ2) is 4.42. The van der Waals surface area contributed by atoms with Crippen molar-refractivity contribution in [2.45, 2.75) is 25.5 Å². The highest BCUT2D eigenvalue weighted by atomic mass is 16.5. The summed E-state index contributed by atoms with van der Waals surface area (Å²) in [5.74, 6) is 0.966. The molecule has 0 radical (unpaired) electrons. The normalized spacial score (nSPS) is 19.1. The van der Waals surface area contributed by atoms with E-state index < -0.39 is 0 Å². The maximum absolute atomic E-state index is 6.00. The summed E-state index contributed by atoms with van der Waals surface area (Å²) in [7, 11) is 0. The molecule has 1 aliphatic rings. The summed E-state index contributed by atoms with van der Waals surface area (Å²) < 4.78 is 6.00. The van der Waals surface area contributed by atoms with Crippen LogP contribution in [0, 0.1) is 0 Å². The number of nitrogens with zero attached hydrogens (tertiary/aromatic N) is 1. The molecule has 0 spiro atoms. The van der Waals surface area contributed by atoms with Crippen molar-refractivity contribution < 1.29 is 4.74 Å². The molecule has 0 fully saturated rings. The number of nitrogens with two attached hydrogens (primary N) is 1. The van der Waals surface area contributed by atoms with Crippen molar-refractivity contribution in [2.24, 2.45) is 5.73 Å². The molecular formula is C15H16N2O. The number of rotatable bonds is 2. The molecule has 0 saturated heterocycles. The SMILES string of the molecule is CC(N)C1Cc2cccc(-c3cccnc3)c2O1. The lowest BCUT2D eigenvalue weighted by molar-refractivity contribution is 0.207. The van der Waals surface area contributed by atoms with Gasteiger partial charge >= 0.3 is 0 Å². The Morgan fingerprint density at radius 1 is 1.33 bits per heavy atom. The van der Waals surface area contributed by atoms with Crippen LogP contribution in [0.15, 0.2) is 42.7 Å². The van der Waals surface area contributed by atoms with E-state index in [1.54, 1.807) is 6.20 Å². The molecule has 2 atom stereocenters. The van der Waals surface area contributed by atoms with Crippen molar-refractivity contribution >= 4 is 0 Å². The van der Waals surface area contributed by atoms with Crippen LogP contribution in [-0.4, -0.2) is 17.1 Å². The van der Waals surface area contributed by atoms with Gasteiger partial charge in [0.1, 0.15) is 11.9 Å². The summed E-state index contributed by atoms with van der Waals surface area (Å²) in [5, 5.41) is 0. The van der Waals surface area contributed by atoms with Crippen molar-refractivity contribution in [3.05, 3.63) is 48.3 Å². The monoisotopic (exact) mass is 240 g/mol. The van der Waals surface area contributed by atoms with Gasteiger partial charge in [0.15, 0.2) is 0 Å². The van der Waals surface area contributed by atoms with Gasteiger partial charge in [0, 0.05) is 36.0 Å². The van der Waals surface area contributed by atoms with E-state index in [0.717, 1.165) is 23.3 Å². The number of pyridine rings is 1. The highest BCUT2D eigenvalue weighted by Gasteiger charge is 2.27. The van der Waals surface area contributed by atoms with E-state index in [4.69, 9.17) is 10.5 Å². The highest BCUT2D eigenvalue weighted by Crippen LogP contribution is 2.38. The van der Waals surface area contributed by atoms with Crippen molar-refractivity contribution in [1.29, 1.82) is 0 Å². The predicted octanol–water partition coefficient (Wildman–Crippen LogP) is 2.40. The highest BCUT2D eigenvalue weighted by molar-refractivity contribution is 5.72. The van der Waals surface area contributed by atoms with Gasteiger partial charge in [0.2, 0.25) is 0 Å². The Bertz CT molecular complexity index is 552. The van der Waals surface area contributed by atoms with Gasteiger partial charge in [0.05, 0.1) is 0 Å². The van der Waals surface area contributed by atoms with Crippen molar-refractivity contribution in [3.8, 4) is 16.9 Å². The molecule has 2 aromatic rings. The Morgan fingerprint density at radius 2 is 2.22 bits per heavy atom. The molecule has 2 unspecified atom stereocenters. The van der Waals surface area contributed by atoms with Gasteiger partial charge in [-0.3, -0.25) is 4.98 Å². The molecule has 92 valence electrons. The van der Waals surface area contributed by atoms with Gasteiger partial charge < -0.3 is 10.5 Å². The second-order valence-electron chi connectivity index (χ2n) is 4.76. The maximum atomic E-state index is 6.00. The van der Waals surface area contributed by atoms with Crippen LogP contribution in [0.2, 0.25) is 0 Å². The predicted molar refractivity (Wildman–Crippen MR) is 71.4 cm³/mol. The quantitative estimate of drug-likeness (QED) is 0.876. The molecule has 1 aromatic carbocycles. The number of hydrogen-bond acceptors (Lipinski definition) is 3. The largest absolute Gasteiger partial charge is 0.488 e. The molecule has 1 aliphatic heterocycles. The molecule has 3 heteroatoms. The minimum absolute atomic E-state index is 0.0409. The topological polar surface area (TPSA) is 48.1 Å². The average Bonchev–Trinajstić information content (AvgIpc) is 2.83. The van der Waals surface area contributed by atoms with Crippen LogP contribution in [0.25, 0.3) is 11.1 Å². The lowest BCUT2D eigenvalue weighted by Crippen LogP contribution is -2.34. The lowest BCUT2D eigenvalue weighted by Gasteiger charge is -2.15. The first-order valence-electron chi connectivity index (χ1n) is 6.20. The summed E-state index contributed by atoms with van der Waals surface area (Å²) in [6.45, 7) is 1.99. The average molecular weight is 240 g/mol. The zero-order chi connectivity index (χ0) is 12.5. The molecule has 0 amide bonds. The van der Waals surface area contributed by atoms with E-state index in [9.17, 15) is 0 Å². The van der Waals surface area contributed by atoms with Gasteiger partial charge in [-0.15, -0.1) is 0 Å². The molecule has 0 bridgehead atoms. The van der Waals surface area contributed by atoms with E-state index in [0.29, 0.717) is 0 Å². The third-order valence-corrected chi connectivity index (χ3v) is 3.35. The van der Waals surface area contributed by atoms with Crippen LogP contribution in [-0.2, 0) is 6.42 Å². The van der Waals surface area contributed by atoms with E-state index in [1.807, 2.05) is 25.3 Å². The van der Waals surface area contributed by atoms with Crippen LogP contribution < -0.4 is 10.5 Å². The number of hydrogen-bond donors (Lipinski definition) is 1. The summed E-state index contributed by atoms with van der Waals surface area (Å²) >= 11 is 0. The Kier molecular flexibility index (Phi) is 2.76. The van der Waals surface area contributed by atoms with Crippen LogP contribution in [0.3, 0.4) is 0 Å². The molecule has 3 nitrogen and oxygen atoms in total. The summed E-state index contributed by atoms with van der Waals surface area (Å²) in [6, 6.07) is 10.3. The number of ether oxygens (including phenoxy) is 1. The van der Waals surface area contributed by atoms with E-state index in [1.165, 1.54) is 5.56 Å². The minimum atomic E-state index is 0.0409. The van der Waals surface area contributed by atoms with Crippen LogP contribution in [0.1, 0.15) is 12.5 Å². The first kappa shape index (κ1) is 11.2. The first-order chi connectivity index (χ1) is 8.75. The molecule has 0 saturated carbocycles. The van der Waals surface area contributed by atoms with Gasteiger partial charge in [-0.1, -0.05) is 24.3 Å². The maximum Gasteiger partial charge on any atom is 0.131 e. The van der Waals surface area contributed by atoms with Crippen molar-refractivity contribution in [3.63, 3.8) is 0 Å². The molecule has 0 aliphatic carbocycles. The van der Waals surface area contributed by atoms with Crippen molar-refractivity contribution in [1.82, 2.24) is 4.98 Å². The summed E-state index contributed by atoms with van der Waals surface area (Å²) in [5.41, 5.74) is 9.35. The molecule has 1 aromatic heterocycles. The fraction of sp³-hybridized carbons (Fsp3) is 0.267. The van der Waals surface area contributed by atoms with Gasteiger partial charge in [-0.2, -0.15) is 0 Å². The number of benzene rings is 1. The zero-order valence-corrected chi connectivity index (χ0v) is 10.3. The van der Waals surface area contributed by atoms with Gasteiger partial charge in [0.25, 0.3) is 0 Å². The van der Waals surface area contributed by atoms with Crippen molar-refractivity contribution in [2.75, 3.05) is 0 Å². The van der Waals surface area contributed by atoms with E-state index >= 15 is 0 Å². The third kappa shape index (κ3) is 1.87. The number of para-hydroxylation sites is 1. The summed E-state index contributed by atoms with van der Waals surface area (Å²) in [6.07, 6.45) is 4.61. The Hall–Kier alpha value is -1.87. The first-order valence-corrected chi connectivity index (χ1v) is 6.20. The van der Waals surface area contributed by atoms with Crippen LogP contribution >= 0.6 is 0 Å². The molecule has 18 heavy (non-hydrogen) atoms. The smallest absolute Gasteiger partial charge is 0.131 e.